The Hall–Kier alpha value is -7.10. The van der Waals surface area contributed by atoms with Crippen LogP contribution in [0.5, 0.6) is 0 Å². The number of fused-ring (bicyclic) bond motifs is 8. The molecule has 2 aliphatic heterocycles. The van der Waals surface area contributed by atoms with Crippen LogP contribution < -0.4 is 21.1 Å². The fourth-order valence-electron chi connectivity index (χ4n) is 10.8. The minimum absolute atomic E-state index is 0.173. The Morgan fingerprint density at radius 3 is 1.85 bits per heavy atom. The van der Waals surface area contributed by atoms with Crippen molar-refractivity contribution in [3.05, 3.63) is 210 Å². The molecule has 0 atom stereocenters. The Balaban J connectivity index is 1.13. The number of hydrogen-bond donors (Lipinski definition) is 1. The van der Waals surface area contributed by atoms with Gasteiger partial charge in [-0.05, 0) is 114 Å². The molecule has 289 valence electrons. The lowest BCUT2D eigenvalue weighted by atomic mass is 9.55. The van der Waals surface area contributed by atoms with E-state index in [0.717, 1.165) is 16.9 Å². The van der Waals surface area contributed by atoms with Crippen molar-refractivity contribution in [2.75, 3.05) is 10.2 Å². The Kier molecular flexibility index (Phi) is 7.75. The molecule has 9 aromatic carbocycles. The van der Waals surface area contributed by atoms with Crippen LogP contribution in [0, 0.1) is 0 Å². The Bertz CT molecular complexity index is 3250. The number of anilines is 5. The van der Waals surface area contributed by atoms with Crippen molar-refractivity contribution in [3.63, 3.8) is 0 Å². The van der Waals surface area contributed by atoms with Crippen LogP contribution in [-0.4, -0.2) is 7.28 Å². The highest BCUT2D eigenvalue weighted by atomic mass is 15.2. The normalized spacial score (nSPS) is 14.6. The van der Waals surface area contributed by atoms with Gasteiger partial charge in [0.15, 0.2) is 7.28 Å². The van der Waals surface area contributed by atoms with E-state index in [1.54, 1.807) is 0 Å². The highest BCUT2D eigenvalue weighted by molar-refractivity contribution is 6.73. The minimum atomic E-state index is -0.194. The second kappa shape index (κ2) is 13.2. The van der Waals surface area contributed by atoms with E-state index in [0.29, 0.717) is 0 Å². The lowest BCUT2D eigenvalue weighted by molar-refractivity contribution is 0.633. The van der Waals surface area contributed by atoms with Crippen LogP contribution in [0.15, 0.2) is 188 Å². The number of para-hydroxylation sites is 1. The van der Waals surface area contributed by atoms with E-state index in [4.69, 9.17) is 0 Å². The molecule has 0 saturated heterocycles. The van der Waals surface area contributed by atoms with Crippen molar-refractivity contribution in [3.8, 4) is 44.5 Å². The monoisotopic (exact) mass is 779 g/mol. The van der Waals surface area contributed by atoms with Gasteiger partial charge in [0, 0.05) is 39.1 Å². The van der Waals surface area contributed by atoms with E-state index in [2.05, 4.69) is 233 Å². The SMILES string of the molecule is CC1(C)c2cc3ccccc3cc2N2c3cc(-c4ccccc4)cc(-c4ccc(-c5ccccc5)cc4Nc4cccc5c4C(C)(C)c4ccccc4-5)c3[B]c3cccc1c32. The molecule has 12 rings (SSSR count). The second-order valence-corrected chi connectivity index (χ2v) is 18.0. The largest absolute Gasteiger partial charge is 0.355 e. The second-order valence-electron chi connectivity index (χ2n) is 18.0. The minimum Gasteiger partial charge on any atom is -0.355 e. The van der Waals surface area contributed by atoms with Crippen molar-refractivity contribution >= 4 is 57.4 Å². The van der Waals surface area contributed by atoms with Crippen molar-refractivity contribution in [1.82, 2.24) is 0 Å². The van der Waals surface area contributed by atoms with Crippen LogP contribution in [0.25, 0.3) is 55.3 Å². The van der Waals surface area contributed by atoms with E-state index in [1.807, 2.05) is 0 Å². The maximum absolute atomic E-state index is 4.12. The molecule has 1 N–H and O–H groups in total. The molecule has 0 unspecified atom stereocenters. The van der Waals surface area contributed by atoms with Gasteiger partial charge >= 0.3 is 0 Å². The highest BCUT2D eigenvalue weighted by Crippen LogP contribution is 2.55. The summed E-state index contributed by atoms with van der Waals surface area (Å²) in [7, 11) is 2.45. The number of rotatable bonds is 5. The van der Waals surface area contributed by atoms with E-state index in [-0.39, 0.29) is 10.8 Å². The molecule has 61 heavy (non-hydrogen) atoms. The zero-order chi connectivity index (χ0) is 41.0. The lowest BCUT2D eigenvalue weighted by Crippen LogP contribution is -2.45. The number of nitrogens with one attached hydrogen (secondary N) is 1. The molecule has 0 spiro atoms. The predicted molar refractivity (Wildman–Crippen MR) is 259 cm³/mol. The third-order valence-electron chi connectivity index (χ3n) is 13.8. The topological polar surface area (TPSA) is 15.3 Å². The summed E-state index contributed by atoms with van der Waals surface area (Å²) in [5.74, 6) is 0. The van der Waals surface area contributed by atoms with Gasteiger partial charge in [0.1, 0.15) is 0 Å². The predicted octanol–water partition coefficient (Wildman–Crippen LogP) is 14.0. The van der Waals surface area contributed by atoms with Gasteiger partial charge in [0.05, 0.1) is 5.69 Å². The summed E-state index contributed by atoms with van der Waals surface area (Å²) < 4.78 is 0. The number of nitrogens with zero attached hydrogens (tertiary/aromatic N) is 1. The van der Waals surface area contributed by atoms with E-state index < -0.39 is 0 Å². The summed E-state index contributed by atoms with van der Waals surface area (Å²) in [6.07, 6.45) is 0. The molecular weight excluding hydrogens is 735 g/mol. The Labute approximate surface area is 359 Å². The Morgan fingerprint density at radius 1 is 0.410 bits per heavy atom. The van der Waals surface area contributed by atoms with Crippen LogP contribution in [0.1, 0.15) is 49.9 Å². The molecule has 2 heterocycles. The quantitative estimate of drug-likeness (QED) is 0.175. The third kappa shape index (κ3) is 5.36. The smallest absolute Gasteiger partial charge is 0.197 e. The van der Waals surface area contributed by atoms with Gasteiger partial charge in [-0.2, -0.15) is 0 Å². The summed E-state index contributed by atoms with van der Waals surface area (Å²) in [6.45, 7) is 9.51. The van der Waals surface area contributed by atoms with Gasteiger partial charge in [-0.1, -0.05) is 185 Å². The molecule has 0 amide bonds. The number of hydrogen-bond acceptors (Lipinski definition) is 2. The fraction of sp³-hybridized carbons (Fsp3) is 0.103. The summed E-state index contributed by atoms with van der Waals surface area (Å²) in [5, 5.41) is 6.64. The van der Waals surface area contributed by atoms with Crippen LogP contribution in [-0.2, 0) is 10.8 Å². The van der Waals surface area contributed by atoms with Gasteiger partial charge < -0.3 is 10.2 Å². The van der Waals surface area contributed by atoms with Gasteiger partial charge in [0.25, 0.3) is 0 Å². The molecule has 3 heteroatoms. The maximum atomic E-state index is 4.12. The summed E-state index contributed by atoms with van der Waals surface area (Å²) in [6, 6.07) is 69.7. The van der Waals surface area contributed by atoms with Crippen LogP contribution in [0.4, 0.5) is 28.4 Å². The van der Waals surface area contributed by atoms with Gasteiger partial charge in [-0.3, -0.25) is 0 Å². The van der Waals surface area contributed by atoms with Crippen molar-refractivity contribution < 1.29 is 0 Å². The average Bonchev–Trinajstić information content (AvgIpc) is 3.54. The zero-order valence-corrected chi connectivity index (χ0v) is 34.9. The van der Waals surface area contributed by atoms with Gasteiger partial charge in [-0.15, -0.1) is 0 Å². The van der Waals surface area contributed by atoms with Crippen molar-refractivity contribution in [2.45, 2.75) is 38.5 Å². The fourth-order valence-corrected chi connectivity index (χ4v) is 10.8. The highest BCUT2D eigenvalue weighted by Gasteiger charge is 2.42. The summed E-state index contributed by atoms with van der Waals surface area (Å²) >= 11 is 0. The molecule has 0 saturated carbocycles. The summed E-state index contributed by atoms with van der Waals surface area (Å²) in [4.78, 5) is 2.58. The molecule has 9 aromatic rings. The van der Waals surface area contributed by atoms with E-state index in [9.17, 15) is 0 Å². The standard InChI is InChI=1S/C58H44BN2/c1-57(2)47-26-16-27-49-56(47)61(52-34-39-22-12-11-21-38(39)32-48(52)57)53-35-41(37-19-9-6-10-20-37)31-45(55(53)59-49)43-30-29-40(36-17-7-5-8-18-36)33-51(43)60-50-28-15-24-44-42-23-13-14-25-46(42)58(3,4)54(44)50/h5-35,60H,1-4H3. The van der Waals surface area contributed by atoms with Crippen LogP contribution in [0.3, 0.4) is 0 Å². The lowest BCUT2D eigenvalue weighted by Gasteiger charge is -2.46. The Morgan fingerprint density at radius 2 is 1.07 bits per heavy atom. The number of benzene rings is 9. The maximum Gasteiger partial charge on any atom is 0.197 e. The summed E-state index contributed by atoms with van der Waals surface area (Å²) in [5.41, 5.74) is 23.1. The molecule has 0 aromatic heterocycles. The van der Waals surface area contributed by atoms with Crippen molar-refractivity contribution in [1.29, 1.82) is 0 Å². The van der Waals surface area contributed by atoms with E-state index >= 15 is 0 Å². The first-order valence-corrected chi connectivity index (χ1v) is 21.5. The third-order valence-corrected chi connectivity index (χ3v) is 13.8. The molecule has 1 radical (unpaired) electrons. The van der Waals surface area contributed by atoms with Crippen LogP contribution >= 0.6 is 0 Å². The first kappa shape index (κ1) is 35.8. The van der Waals surface area contributed by atoms with Crippen LogP contribution in [0.2, 0.25) is 0 Å². The zero-order valence-electron chi connectivity index (χ0n) is 34.9. The first-order chi connectivity index (χ1) is 29.8. The van der Waals surface area contributed by atoms with Gasteiger partial charge in [0.2, 0.25) is 0 Å². The molecule has 0 bridgehead atoms. The first-order valence-electron chi connectivity index (χ1n) is 21.5. The van der Waals surface area contributed by atoms with Gasteiger partial charge in [-0.25, -0.2) is 0 Å². The molecule has 2 nitrogen and oxygen atoms in total. The molecular formula is C58H44BN2. The van der Waals surface area contributed by atoms with E-state index in [1.165, 1.54) is 100.0 Å². The van der Waals surface area contributed by atoms with Crippen molar-refractivity contribution in [2.24, 2.45) is 0 Å². The molecule has 3 aliphatic rings. The molecule has 0 fully saturated rings. The molecule has 1 aliphatic carbocycles. The average molecular weight is 780 g/mol.